The van der Waals surface area contributed by atoms with Gasteiger partial charge in [-0.25, -0.2) is 23.3 Å². The molecule has 2 unspecified atom stereocenters. The first kappa shape index (κ1) is 32.8. The molecule has 3 aromatic carbocycles. The number of aromatic nitrogens is 1. The smallest absolute Gasteiger partial charge is 0.338 e. The first-order valence-corrected chi connectivity index (χ1v) is 18.1. The average Bonchev–Trinajstić information content (AvgIpc) is 3.47. The van der Waals surface area contributed by atoms with E-state index in [1.165, 1.54) is 53.1 Å². The molecule has 0 radical (unpaired) electrons. The number of nitrogens with zero attached hydrogens (tertiary/aromatic N) is 2. The van der Waals surface area contributed by atoms with Crippen molar-refractivity contribution in [2.75, 3.05) is 16.8 Å². The number of imide groups is 1. The number of primary sulfonamides is 1. The third kappa shape index (κ3) is 6.30. The molecule has 0 spiro atoms. The summed E-state index contributed by atoms with van der Waals surface area (Å²) in [5.41, 5.74) is 1.59. The van der Waals surface area contributed by atoms with Crippen LogP contribution >= 0.6 is 39.0 Å². The highest BCUT2D eigenvalue weighted by Crippen LogP contribution is 2.54. The van der Waals surface area contributed by atoms with Gasteiger partial charge in [0.2, 0.25) is 27.7 Å². The number of carbonyl (C=O) groups excluding carboxylic acids is 4. The number of sulfonamides is 1. The number of nitrogens with one attached hydrogen (secondary N) is 1. The van der Waals surface area contributed by atoms with Gasteiger partial charge in [-0.15, -0.1) is 0 Å². The summed E-state index contributed by atoms with van der Waals surface area (Å²) in [7, 11) is -3.92. The second-order valence-corrected chi connectivity index (χ2v) is 15.2. The fraction of sp³-hybridized carbons (Fsp3) is 0.194. The summed E-state index contributed by atoms with van der Waals surface area (Å²) in [6.07, 6.45) is 0. The first-order chi connectivity index (χ1) is 22.4. The number of halogens is 1. The van der Waals surface area contributed by atoms with Gasteiger partial charge in [0.15, 0.2) is 0 Å². The Kier molecular flexibility index (Phi) is 8.97. The van der Waals surface area contributed by atoms with Crippen LogP contribution in [0.4, 0.5) is 11.4 Å². The van der Waals surface area contributed by atoms with E-state index in [2.05, 4.69) is 21.2 Å². The number of hydrogen-bond donors (Lipinski definition) is 2. The standard InChI is InChI=1S/C31H25BrN4O8S3/c1-2-44-30(40)17-5-11-20(12-6-17)36-27(38)24-23(16-3-7-18(32)8-4-16)26-29(45-25(24)28(36)39)35(31(41)46-26)15-22(37)34-19-9-13-21(14-10-19)47(33,42)43/h3-14,23-25H,2,15H2,1H3,(H,34,37)(H2,33,42,43)/t23-,24?,25?/m1/s1. The molecule has 2 aliphatic rings. The number of nitrogens with two attached hydrogens (primary N) is 1. The zero-order valence-corrected chi connectivity index (χ0v) is 28.5. The molecule has 12 nitrogen and oxygen atoms in total. The summed E-state index contributed by atoms with van der Waals surface area (Å²) < 4.78 is 30.3. The van der Waals surface area contributed by atoms with Crippen LogP contribution in [0.25, 0.3) is 0 Å². The van der Waals surface area contributed by atoms with E-state index in [9.17, 15) is 32.4 Å². The van der Waals surface area contributed by atoms with Crippen LogP contribution in [0.15, 0.2) is 92.0 Å². The van der Waals surface area contributed by atoms with Gasteiger partial charge < -0.3 is 10.1 Å². The van der Waals surface area contributed by atoms with Crippen molar-refractivity contribution in [3.05, 3.63) is 103 Å². The van der Waals surface area contributed by atoms with Crippen molar-refractivity contribution < 1.29 is 32.3 Å². The lowest BCUT2D eigenvalue weighted by Crippen LogP contribution is -2.33. The van der Waals surface area contributed by atoms with Crippen LogP contribution in [0, 0.1) is 5.92 Å². The lowest BCUT2D eigenvalue weighted by Gasteiger charge is -2.30. The van der Waals surface area contributed by atoms with Crippen LogP contribution < -0.4 is 20.2 Å². The summed E-state index contributed by atoms with van der Waals surface area (Å²) in [6, 6.07) is 18.6. The van der Waals surface area contributed by atoms with E-state index in [-0.39, 0.29) is 23.6 Å². The zero-order valence-electron chi connectivity index (χ0n) is 24.4. The van der Waals surface area contributed by atoms with Crippen molar-refractivity contribution >= 4 is 84.1 Å². The normalized spacial score (nSPS) is 18.9. The maximum Gasteiger partial charge on any atom is 0.338 e. The Morgan fingerprint density at radius 1 is 0.957 bits per heavy atom. The van der Waals surface area contributed by atoms with Gasteiger partial charge in [-0.05, 0) is 73.2 Å². The van der Waals surface area contributed by atoms with Crippen LogP contribution in [-0.2, 0) is 35.7 Å². The number of thiazole rings is 1. The Bertz CT molecular complexity index is 2080. The third-order valence-corrected chi connectivity index (χ3v) is 11.7. The molecule has 16 heteroatoms. The maximum atomic E-state index is 14.1. The summed E-state index contributed by atoms with van der Waals surface area (Å²) in [5.74, 6) is -3.50. The number of ether oxygens (including phenoxy) is 1. The first-order valence-electron chi connectivity index (χ1n) is 14.1. The number of esters is 1. The molecule has 2 aliphatic heterocycles. The minimum Gasteiger partial charge on any atom is -0.462 e. The van der Waals surface area contributed by atoms with Crippen LogP contribution in [0.3, 0.4) is 0 Å². The molecule has 242 valence electrons. The van der Waals surface area contributed by atoms with E-state index in [0.717, 1.165) is 38.0 Å². The van der Waals surface area contributed by atoms with Gasteiger partial charge in [-0.3, -0.25) is 23.7 Å². The summed E-state index contributed by atoms with van der Waals surface area (Å²) in [4.78, 5) is 67.8. The Morgan fingerprint density at radius 2 is 1.62 bits per heavy atom. The molecule has 1 saturated heterocycles. The monoisotopic (exact) mass is 756 g/mol. The quantitative estimate of drug-likeness (QED) is 0.199. The SMILES string of the molecule is CCOC(=O)c1ccc(N2C(=O)C3Sc4c(sc(=O)n4CC(=O)Nc4ccc(S(N)(=O)=O)cc4)[C@H](c4ccc(Br)cc4)C3C2=O)cc1. The molecule has 0 saturated carbocycles. The fourth-order valence-electron chi connectivity index (χ4n) is 5.57. The van der Waals surface area contributed by atoms with Gasteiger partial charge in [0.05, 0.1) is 33.7 Å². The highest BCUT2D eigenvalue weighted by atomic mass is 79.9. The largest absolute Gasteiger partial charge is 0.462 e. The number of hydrogen-bond acceptors (Lipinski definition) is 10. The molecule has 3 amide bonds. The molecule has 47 heavy (non-hydrogen) atoms. The molecule has 1 aromatic heterocycles. The molecule has 1 fully saturated rings. The van der Waals surface area contributed by atoms with E-state index in [1.807, 2.05) is 24.3 Å². The lowest BCUT2D eigenvalue weighted by atomic mass is 9.83. The Hall–Kier alpha value is -4.09. The molecular weight excluding hydrogens is 732 g/mol. The lowest BCUT2D eigenvalue weighted by molar-refractivity contribution is -0.122. The third-order valence-electron chi connectivity index (χ3n) is 7.68. The van der Waals surface area contributed by atoms with Crippen molar-refractivity contribution in [2.24, 2.45) is 11.1 Å². The summed E-state index contributed by atoms with van der Waals surface area (Å²) >= 11 is 5.42. The minimum absolute atomic E-state index is 0.122. The molecule has 0 bridgehead atoms. The van der Waals surface area contributed by atoms with Crippen molar-refractivity contribution in [1.82, 2.24) is 4.57 Å². The number of fused-ring (bicyclic) bond motifs is 2. The second-order valence-electron chi connectivity index (χ2n) is 10.6. The van der Waals surface area contributed by atoms with Crippen LogP contribution in [0.1, 0.15) is 33.6 Å². The Labute approximate surface area is 285 Å². The molecule has 0 aliphatic carbocycles. The van der Waals surface area contributed by atoms with Gasteiger partial charge in [0.1, 0.15) is 11.8 Å². The molecule has 3 N–H and O–H groups in total. The highest BCUT2D eigenvalue weighted by molar-refractivity contribution is 9.10. The van der Waals surface area contributed by atoms with Crippen molar-refractivity contribution in [2.45, 2.75) is 34.6 Å². The minimum atomic E-state index is -3.92. The van der Waals surface area contributed by atoms with E-state index >= 15 is 0 Å². The molecular formula is C31H25BrN4O8S3. The van der Waals surface area contributed by atoms with Gasteiger partial charge in [0.25, 0.3) is 0 Å². The Balaban J connectivity index is 1.34. The molecule has 3 heterocycles. The van der Waals surface area contributed by atoms with Gasteiger partial charge >= 0.3 is 10.8 Å². The molecule has 6 rings (SSSR count). The zero-order chi connectivity index (χ0) is 33.6. The topological polar surface area (TPSA) is 175 Å². The van der Waals surface area contributed by atoms with Crippen molar-refractivity contribution in [1.29, 1.82) is 0 Å². The van der Waals surface area contributed by atoms with Crippen molar-refractivity contribution in [3.8, 4) is 0 Å². The number of anilines is 2. The fourth-order valence-corrected chi connectivity index (χ4v) is 9.13. The molecule has 3 atom stereocenters. The predicted octanol–water partition coefficient (Wildman–Crippen LogP) is 3.93. The van der Waals surface area contributed by atoms with E-state index < -0.39 is 55.7 Å². The van der Waals surface area contributed by atoms with E-state index in [4.69, 9.17) is 9.88 Å². The number of carbonyl (C=O) groups is 4. The van der Waals surface area contributed by atoms with E-state index in [1.54, 1.807) is 6.92 Å². The Morgan fingerprint density at radius 3 is 2.23 bits per heavy atom. The van der Waals surface area contributed by atoms with Gasteiger partial charge in [-0.2, -0.15) is 0 Å². The molecule has 4 aromatic rings. The van der Waals surface area contributed by atoms with Gasteiger partial charge in [0, 0.05) is 21.0 Å². The van der Waals surface area contributed by atoms with Crippen molar-refractivity contribution in [3.63, 3.8) is 0 Å². The van der Waals surface area contributed by atoms with Crippen LogP contribution in [-0.4, -0.2) is 48.5 Å². The van der Waals surface area contributed by atoms with E-state index in [0.29, 0.717) is 21.3 Å². The van der Waals surface area contributed by atoms with Crippen LogP contribution in [0.2, 0.25) is 0 Å². The average molecular weight is 758 g/mol. The highest BCUT2D eigenvalue weighted by Gasteiger charge is 2.56. The maximum absolute atomic E-state index is 14.1. The summed E-state index contributed by atoms with van der Waals surface area (Å²) in [6.45, 7) is 1.50. The number of rotatable bonds is 8. The number of amides is 3. The predicted molar refractivity (Wildman–Crippen MR) is 179 cm³/mol. The number of benzene rings is 3. The second kappa shape index (κ2) is 12.8. The summed E-state index contributed by atoms with van der Waals surface area (Å²) in [5, 5.41) is 7.30. The number of thioether (sulfide) groups is 1. The van der Waals surface area contributed by atoms with Crippen LogP contribution in [0.5, 0.6) is 0 Å². The van der Waals surface area contributed by atoms with Gasteiger partial charge in [-0.1, -0.05) is 51.2 Å².